The maximum absolute atomic E-state index is 12.8. The molecule has 2 aromatic heterocycles. The van der Waals surface area contributed by atoms with Crippen molar-refractivity contribution in [2.45, 2.75) is 19.5 Å². The monoisotopic (exact) mass is 316 g/mol. The Bertz CT molecular complexity index is 583. The van der Waals surface area contributed by atoms with Crippen molar-refractivity contribution in [3.63, 3.8) is 0 Å². The van der Waals surface area contributed by atoms with Gasteiger partial charge in [0.2, 0.25) is 0 Å². The number of hydrogen-bond acceptors (Lipinski definition) is 5. The SMILES string of the molecule is CCCN(CC(F)(F)F)c1snc(N)c1-c1cccnc1. The van der Waals surface area contributed by atoms with E-state index in [0.717, 1.165) is 11.5 Å². The predicted octanol–water partition coefficient (Wildman–Crippen LogP) is 3.57. The van der Waals surface area contributed by atoms with Crippen LogP contribution in [0.25, 0.3) is 11.1 Å². The van der Waals surface area contributed by atoms with E-state index in [2.05, 4.69) is 9.36 Å². The van der Waals surface area contributed by atoms with Gasteiger partial charge in [-0.2, -0.15) is 17.5 Å². The van der Waals surface area contributed by atoms with Gasteiger partial charge in [0.1, 0.15) is 17.4 Å². The molecule has 0 atom stereocenters. The van der Waals surface area contributed by atoms with Gasteiger partial charge in [-0.05, 0) is 24.0 Å². The minimum absolute atomic E-state index is 0.228. The number of nitrogens with zero attached hydrogens (tertiary/aromatic N) is 3. The molecule has 0 aromatic carbocycles. The highest BCUT2D eigenvalue weighted by molar-refractivity contribution is 7.11. The third kappa shape index (κ3) is 3.84. The number of hydrogen-bond donors (Lipinski definition) is 1. The summed E-state index contributed by atoms with van der Waals surface area (Å²) in [6, 6.07) is 3.47. The highest BCUT2D eigenvalue weighted by atomic mass is 32.1. The lowest BCUT2D eigenvalue weighted by Gasteiger charge is -2.24. The molecule has 114 valence electrons. The highest BCUT2D eigenvalue weighted by Gasteiger charge is 2.32. The summed E-state index contributed by atoms with van der Waals surface area (Å²) in [5.41, 5.74) is 7.02. The molecular formula is C13H15F3N4S. The normalized spacial score (nSPS) is 11.6. The summed E-state index contributed by atoms with van der Waals surface area (Å²) in [5, 5.41) is 0.430. The molecule has 0 fully saturated rings. The van der Waals surface area contributed by atoms with Crippen LogP contribution < -0.4 is 10.6 Å². The molecule has 0 radical (unpaired) electrons. The van der Waals surface area contributed by atoms with Crippen LogP contribution in [0, 0.1) is 0 Å². The molecule has 0 aliphatic rings. The summed E-state index contributed by atoms with van der Waals surface area (Å²) in [4.78, 5) is 5.26. The second-order valence-corrected chi connectivity index (χ2v) is 5.28. The highest BCUT2D eigenvalue weighted by Crippen LogP contribution is 2.40. The molecule has 0 saturated heterocycles. The quantitative estimate of drug-likeness (QED) is 0.916. The third-order valence-electron chi connectivity index (χ3n) is 2.80. The molecule has 0 unspecified atom stereocenters. The molecule has 8 heteroatoms. The standard InChI is InChI=1S/C13H15F3N4S/c1-2-6-20(8-13(14,15)16)12-10(11(17)19-21-12)9-4-3-5-18-7-9/h3-5,7H,2,6,8H2,1H3,(H2,17,19). The molecular weight excluding hydrogens is 301 g/mol. The van der Waals surface area contributed by atoms with Gasteiger partial charge in [-0.15, -0.1) is 0 Å². The van der Waals surface area contributed by atoms with E-state index in [9.17, 15) is 13.2 Å². The van der Waals surface area contributed by atoms with Crippen LogP contribution >= 0.6 is 11.5 Å². The first-order valence-corrected chi connectivity index (χ1v) is 7.17. The molecule has 0 bridgehead atoms. The minimum Gasteiger partial charge on any atom is -0.382 e. The summed E-state index contributed by atoms with van der Waals surface area (Å²) in [5.74, 6) is 0.228. The van der Waals surface area contributed by atoms with E-state index in [0.29, 0.717) is 22.5 Å². The lowest BCUT2D eigenvalue weighted by atomic mass is 10.1. The van der Waals surface area contributed by atoms with E-state index in [1.54, 1.807) is 24.5 Å². The van der Waals surface area contributed by atoms with Gasteiger partial charge in [0.05, 0.1) is 5.56 Å². The van der Waals surface area contributed by atoms with Gasteiger partial charge in [-0.3, -0.25) is 4.98 Å². The number of nitrogens with two attached hydrogens (primary N) is 1. The van der Waals surface area contributed by atoms with Crippen molar-refractivity contribution in [3.8, 4) is 11.1 Å². The smallest absolute Gasteiger partial charge is 0.382 e. The first kappa shape index (κ1) is 15.6. The van der Waals surface area contributed by atoms with Crippen molar-refractivity contribution >= 4 is 22.4 Å². The van der Waals surface area contributed by atoms with Crippen molar-refractivity contribution in [2.24, 2.45) is 0 Å². The Labute approximate surface area is 124 Å². The average molecular weight is 316 g/mol. The van der Waals surface area contributed by atoms with Crippen molar-refractivity contribution < 1.29 is 13.2 Å². The van der Waals surface area contributed by atoms with Crippen LogP contribution in [0.3, 0.4) is 0 Å². The van der Waals surface area contributed by atoms with Crippen LogP contribution in [0.4, 0.5) is 24.0 Å². The molecule has 0 aliphatic carbocycles. The number of nitrogen functional groups attached to an aromatic ring is 1. The molecule has 2 aromatic rings. The largest absolute Gasteiger partial charge is 0.405 e. The fraction of sp³-hybridized carbons (Fsp3) is 0.385. The van der Waals surface area contributed by atoms with Crippen molar-refractivity contribution in [3.05, 3.63) is 24.5 Å². The van der Waals surface area contributed by atoms with Gasteiger partial charge >= 0.3 is 6.18 Å². The van der Waals surface area contributed by atoms with E-state index < -0.39 is 12.7 Å². The molecule has 21 heavy (non-hydrogen) atoms. The summed E-state index contributed by atoms with van der Waals surface area (Å²) in [7, 11) is 0. The first-order valence-electron chi connectivity index (χ1n) is 6.39. The zero-order valence-electron chi connectivity index (χ0n) is 11.4. The lowest BCUT2D eigenvalue weighted by Crippen LogP contribution is -2.34. The van der Waals surface area contributed by atoms with Crippen molar-refractivity contribution in [2.75, 3.05) is 23.7 Å². The minimum atomic E-state index is -4.28. The van der Waals surface area contributed by atoms with Gasteiger partial charge in [-0.25, -0.2) is 0 Å². The fourth-order valence-electron chi connectivity index (χ4n) is 2.03. The van der Waals surface area contributed by atoms with Gasteiger partial charge < -0.3 is 10.6 Å². The Balaban J connectivity index is 2.42. The Morgan fingerprint density at radius 1 is 1.38 bits per heavy atom. The molecule has 0 saturated carbocycles. The average Bonchev–Trinajstić information content (AvgIpc) is 2.80. The van der Waals surface area contributed by atoms with E-state index in [-0.39, 0.29) is 12.4 Å². The van der Waals surface area contributed by atoms with E-state index in [1.807, 2.05) is 6.92 Å². The maximum Gasteiger partial charge on any atom is 0.405 e. The Morgan fingerprint density at radius 2 is 2.14 bits per heavy atom. The Kier molecular flexibility index (Phi) is 4.66. The predicted molar refractivity (Wildman–Crippen MR) is 78.3 cm³/mol. The third-order valence-corrected chi connectivity index (χ3v) is 3.72. The summed E-state index contributed by atoms with van der Waals surface area (Å²) in [6.07, 6.45) is -0.513. The number of pyridine rings is 1. The number of halogens is 3. The summed E-state index contributed by atoms with van der Waals surface area (Å²) >= 11 is 0.983. The number of anilines is 2. The second kappa shape index (κ2) is 6.30. The fourth-order valence-corrected chi connectivity index (χ4v) is 2.89. The lowest BCUT2D eigenvalue weighted by molar-refractivity contribution is -0.119. The second-order valence-electron chi connectivity index (χ2n) is 4.53. The van der Waals surface area contributed by atoms with Crippen LogP contribution in [-0.2, 0) is 0 Å². The van der Waals surface area contributed by atoms with Crippen LogP contribution in [0.1, 0.15) is 13.3 Å². The molecule has 0 aliphatic heterocycles. The van der Waals surface area contributed by atoms with E-state index >= 15 is 0 Å². The first-order chi connectivity index (χ1) is 9.92. The molecule has 2 rings (SSSR count). The molecule has 0 spiro atoms. The van der Waals surface area contributed by atoms with Crippen LogP contribution in [0.2, 0.25) is 0 Å². The van der Waals surface area contributed by atoms with Crippen molar-refractivity contribution in [1.29, 1.82) is 0 Å². The molecule has 2 N–H and O–H groups in total. The van der Waals surface area contributed by atoms with Crippen LogP contribution in [0.15, 0.2) is 24.5 Å². The van der Waals surface area contributed by atoms with Crippen LogP contribution in [-0.4, -0.2) is 28.6 Å². The molecule has 0 amide bonds. The summed E-state index contributed by atoms with van der Waals surface area (Å²) in [6.45, 7) is 1.10. The van der Waals surface area contributed by atoms with E-state index in [1.165, 1.54) is 4.90 Å². The maximum atomic E-state index is 12.8. The molecule has 2 heterocycles. The Morgan fingerprint density at radius 3 is 2.71 bits per heavy atom. The topological polar surface area (TPSA) is 55.0 Å². The van der Waals surface area contributed by atoms with Crippen LogP contribution in [0.5, 0.6) is 0 Å². The number of rotatable bonds is 5. The van der Waals surface area contributed by atoms with Gasteiger partial charge in [0.25, 0.3) is 0 Å². The number of alkyl halides is 3. The van der Waals surface area contributed by atoms with Gasteiger partial charge in [-0.1, -0.05) is 13.0 Å². The molecule has 4 nitrogen and oxygen atoms in total. The zero-order chi connectivity index (χ0) is 15.5. The van der Waals surface area contributed by atoms with Gasteiger partial charge in [0, 0.05) is 24.5 Å². The summed E-state index contributed by atoms with van der Waals surface area (Å²) < 4.78 is 42.3. The number of aromatic nitrogens is 2. The van der Waals surface area contributed by atoms with E-state index in [4.69, 9.17) is 5.73 Å². The zero-order valence-corrected chi connectivity index (χ0v) is 12.2. The van der Waals surface area contributed by atoms with Gasteiger partial charge in [0.15, 0.2) is 0 Å². The van der Waals surface area contributed by atoms with Crippen molar-refractivity contribution in [1.82, 2.24) is 9.36 Å². The Hall–Kier alpha value is -1.83.